The number of nitrogens with one attached hydrogen (secondary N) is 2. The molecule has 6 rings (SSSR count). The van der Waals surface area contributed by atoms with E-state index < -0.39 is 15.8 Å². The Bertz CT molecular complexity index is 1730. The van der Waals surface area contributed by atoms with Gasteiger partial charge in [0.05, 0.1) is 37.8 Å². The lowest BCUT2D eigenvalue weighted by atomic mass is 9.91. The number of carbonyl (C=O) groups is 1. The Morgan fingerprint density at radius 1 is 1.06 bits per heavy atom. The van der Waals surface area contributed by atoms with Gasteiger partial charge in [-0.2, -0.15) is 0 Å². The van der Waals surface area contributed by atoms with Crippen LogP contribution in [0.2, 0.25) is 0 Å². The number of benzene rings is 1. The average molecular weight is 702 g/mol. The van der Waals surface area contributed by atoms with Crippen molar-refractivity contribution >= 4 is 38.5 Å². The fraction of sp³-hybridized carbons (Fsp3) is 0.576. The Morgan fingerprint density at radius 2 is 1.86 bits per heavy atom. The smallest absolute Gasteiger partial charge is 0.243 e. The molecule has 1 unspecified atom stereocenters. The van der Waals surface area contributed by atoms with Gasteiger partial charge in [-0.1, -0.05) is 0 Å². The molecule has 1 atom stereocenters. The van der Waals surface area contributed by atoms with Crippen molar-refractivity contribution < 1.29 is 36.7 Å². The predicted octanol–water partition coefficient (Wildman–Crippen LogP) is 3.61. The van der Waals surface area contributed by atoms with E-state index in [9.17, 15) is 13.2 Å². The zero-order chi connectivity index (χ0) is 34.4. The summed E-state index contributed by atoms with van der Waals surface area (Å²) in [7, 11) is -2.25. The van der Waals surface area contributed by atoms with Crippen LogP contribution in [0, 0.1) is 11.7 Å². The van der Waals surface area contributed by atoms with Crippen molar-refractivity contribution in [3.63, 3.8) is 0 Å². The van der Waals surface area contributed by atoms with Gasteiger partial charge in [0.15, 0.2) is 6.29 Å². The molecule has 1 aromatic carbocycles. The van der Waals surface area contributed by atoms with Crippen LogP contribution in [0.4, 0.5) is 16.0 Å². The lowest BCUT2D eigenvalue weighted by Gasteiger charge is -2.32. The molecule has 0 aliphatic carbocycles. The Morgan fingerprint density at radius 3 is 2.57 bits per heavy atom. The van der Waals surface area contributed by atoms with Crippen LogP contribution in [0.1, 0.15) is 50.5 Å². The number of pyridine rings is 1. The maximum Gasteiger partial charge on any atom is 0.243 e. The number of likely N-dealkylation sites (tertiary alicyclic amines) is 1. The van der Waals surface area contributed by atoms with Crippen LogP contribution in [-0.2, 0) is 35.7 Å². The van der Waals surface area contributed by atoms with Crippen LogP contribution in [-0.4, -0.2) is 99.8 Å². The molecule has 3 aromatic rings. The Kier molecular flexibility index (Phi) is 11.4. The van der Waals surface area contributed by atoms with E-state index in [1.807, 2.05) is 4.90 Å². The second kappa shape index (κ2) is 15.9. The van der Waals surface area contributed by atoms with Gasteiger partial charge in [0, 0.05) is 56.2 Å². The molecule has 266 valence electrons. The predicted molar refractivity (Wildman–Crippen MR) is 181 cm³/mol. The van der Waals surface area contributed by atoms with Gasteiger partial charge >= 0.3 is 0 Å². The summed E-state index contributed by atoms with van der Waals surface area (Å²) in [5.74, 6) is 0.406. The van der Waals surface area contributed by atoms with Crippen molar-refractivity contribution in [2.45, 2.75) is 57.8 Å². The minimum atomic E-state index is -3.65. The highest BCUT2D eigenvalue weighted by molar-refractivity contribution is 7.92. The van der Waals surface area contributed by atoms with Crippen molar-refractivity contribution in [3.05, 3.63) is 35.8 Å². The van der Waals surface area contributed by atoms with Crippen LogP contribution >= 0.6 is 0 Å². The van der Waals surface area contributed by atoms with Crippen LogP contribution in [0.15, 0.2) is 24.4 Å². The molecule has 3 fully saturated rings. The molecule has 0 spiro atoms. The molecule has 49 heavy (non-hydrogen) atoms. The van der Waals surface area contributed by atoms with Crippen molar-refractivity contribution in [2.24, 2.45) is 5.92 Å². The molecule has 0 radical (unpaired) electrons. The number of hydrogen-bond acceptors (Lipinski definition) is 12. The number of methoxy groups -OCH3 is 1. The number of aromatic nitrogens is 3. The van der Waals surface area contributed by atoms with Gasteiger partial charge in [-0.15, -0.1) is 0 Å². The standard InChI is InChI=1S/C33H44FN7O7S/c1-45-32-27(39-49(2,43)44)18-23(20-35-32)30-26-19-25(34)17-24(31(26)37-33(36-30)41-12-15-46-16-13-41)21-40-10-8-22(9-11-40)6-7-28(42)38-48-29-5-3-4-14-47-29/h17-20,22,29,39H,3-16,21H2,1-2H3,(H,38,42). The zero-order valence-electron chi connectivity index (χ0n) is 28.0. The summed E-state index contributed by atoms with van der Waals surface area (Å²) in [5, 5.41) is 0.492. The number of halogens is 1. The zero-order valence-corrected chi connectivity index (χ0v) is 28.8. The first-order valence-corrected chi connectivity index (χ1v) is 18.7. The Labute approximate surface area is 285 Å². The summed E-state index contributed by atoms with van der Waals surface area (Å²) in [6, 6.07) is 4.52. The summed E-state index contributed by atoms with van der Waals surface area (Å²) < 4.78 is 58.4. The van der Waals surface area contributed by atoms with Gasteiger partial charge < -0.3 is 19.1 Å². The second-order valence-corrected chi connectivity index (χ2v) is 14.5. The monoisotopic (exact) mass is 701 g/mol. The largest absolute Gasteiger partial charge is 0.480 e. The van der Waals surface area contributed by atoms with Gasteiger partial charge in [0.2, 0.25) is 27.8 Å². The van der Waals surface area contributed by atoms with Gasteiger partial charge in [-0.25, -0.2) is 38.1 Å². The minimum absolute atomic E-state index is 0.0965. The molecular formula is C33H44FN7O7S. The number of ether oxygens (including phenoxy) is 3. The number of hydrogen-bond donors (Lipinski definition) is 2. The van der Waals surface area contributed by atoms with Crippen molar-refractivity contribution in [3.8, 4) is 17.1 Å². The van der Waals surface area contributed by atoms with Crippen LogP contribution in [0.5, 0.6) is 5.88 Å². The fourth-order valence-corrected chi connectivity index (χ4v) is 7.06. The van der Waals surface area contributed by atoms with Crippen molar-refractivity contribution in [2.75, 3.05) is 69.0 Å². The first-order valence-electron chi connectivity index (χ1n) is 16.8. The molecule has 14 nitrogen and oxygen atoms in total. The van der Waals surface area contributed by atoms with Gasteiger partial charge in [-0.3, -0.25) is 14.4 Å². The quantitative estimate of drug-likeness (QED) is 0.265. The summed E-state index contributed by atoms with van der Waals surface area (Å²) in [6.45, 7) is 4.97. The number of sulfonamides is 1. The number of morpholine rings is 1. The third-order valence-electron chi connectivity index (χ3n) is 9.06. The van der Waals surface area contributed by atoms with E-state index in [1.165, 1.54) is 25.4 Å². The van der Waals surface area contributed by atoms with E-state index in [-0.39, 0.29) is 23.8 Å². The highest BCUT2D eigenvalue weighted by atomic mass is 32.2. The van der Waals surface area contributed by atoms with E-state index in [2.05, 4.69) is 20.1 Å². The third kappa shape index (κ3) is 9.30. The Balaban J connectivity index is 1.20. The number of carbonyl (C=O) groups excluding carboxylic acids is 1. The third-order valence-corrected chi connectivity index (χ3v) is 9.65. The SMILES string of the molecule is COc1ncc(-c2nc(N3CCOCC3)nc3c(CN4CCC(CCC(=O)NOC5CCCCO5)CC4)cc(F)cc23)cc1NS(C)(=O)=O. The van der Waals surface area contributed by atoms with E-state index in [0.717, 1.165) is 63.4 Å². The molecule has 16 heteroatoms. The van der Waals surface area contributed by atoms with Gasteiger partial charge in [-0.05, 0) is 74.9 Å². The van der Waals surface area contributed by atoms with E-state index >= 15 is 4.39 Å². The van der Waals surface area contributed by atoms with Crippen molar-refractivity contribution in [1.82, 2.24) is 25.3 Å². The Hall–Kier alpha value is -3.70. The summed E-state index contributed by atoms with van der Waals surface area (Å²) in [4.78, 5) is 36.3. The average Bonchev–Trinajstić information content (AvgIpc) is 3.10. The second-order valence-electron chi connectivity index (χ2n) is 12.8. The summed E-state index contributed by atoms with van der Waals surface area (Å²) in [6.07, 6.45) is 8.02. The number of rotatable bonds is 12. The first kappa shape index (κ1) is 35.1. The number of anilines is 2. The number of nitrogens with zero attached hydrogens (tertiary/aromatic N) is 5. The molecule has 3 aliphatic rings. The fourth-order valence-electron chi connectivity index (χ4n) is 6.51. The topological polar surface area (TPSA) is 157 Å². The summed E-state index contributed by atoms with van der Waals surface area (Å²) in [5.41, 5.74) is 4.93. The molecule has 0 bridgehead atoms. The van der Waals surface area contributed by atoms with Crippen LogP contribution < -0.4 is 19.8 Å². The number of fused-ring (bicyclic) bond motifs is 1. The molecular weight excluding hydrogens is 657 g/mol. The lowest BCUT2D eigenvalue weighted by Crippen LogP contribution is -2.37. The molecule has 3 saturated heterocycles. The van der Waals surface area contributed by atoms with Crippen LogP contribution in [0.3, 0.4) is 0 Å². The van der Waals surface area contributed by atoms with Crippen molar-refractivity contribution in [1.29, 1.82) is 0 Å². The first-order chi connectivity index (χ1) is 23.6. The van der Waals surface area contributed by atoms with Gasteiger partial charge in [0.25, 0.3) is 0 Å². The number of piperidine rings is 1. The number of hydroxylamine groups is 1. The maximum absolute atomic E-state index is 15.4. The van der Waals surface area contributed by atoms with Crippen LogP contribution in [0.25, 0.3) is 22.2 Å². The minimum Gasteiger partial charge on any atom is -0.480 e. The highest BCUT2D eigenvalue weighted by Gasteiger charge is 2.25. The number of amides is 1. The summed E-state index contributed by atoms with van der Waals surface area (Å²) >= 11 is 0. The molecule has 3 aliphatic heterocycles. The van der Waals surface area contributed by atoms with E-state index in [1.54, 1.807) is 6.07 Å². The van der Waals surface area contributed by atoms with E-state index in [4.69, 9.17) is 29.0 Å². The molecule has 5 heterocycles. The molecule has 0 saturated carbocycles. The highest BCUT2D eigenvalue weighted by Crippen LogP contribution is 2.35. The normalized spacial score (nSPS) is 19.6. The molecule has 2 N–H and O–H groups in total. The molecule has 1 amide bonds. The maximum atomic E-state index is 15.4. The lowest BCUT2D eigenvalue weighted by molar-refractivity contribution is -0.200. The van der Waals surface area contributed by atoms with E-state index in [0.29, 0.717) is 79.9 Å². The van der Waals surface area contributed by atoms with Gasteiger partial charge in [0.1, 0.15) is 11.5 Å². The molecule has 2 aromatic heterocycles.